The van der Waals surface area contributed by atoms with Crippen LogP contribution in [-0.2, 0) is 36.4 Å². The first-order chi connectivity index (χ1) is 27.1. The van der Waals surface area contributed by atoms with Crippen LogP contribution in [0.15, 0.2) is 182 Å². The van der Waals surface area contributed by atoms with Gasteiger partial charge in [0.25, 0.3) is 0 Å². The topological polar surface area (TPSA) is 129 Å². The second-order valence-electron chi connectivity index (χ2n) is 14.0. The predicted molar refractivity (Wildman–Crippen MR) is 220 cm³/mol. The molecule has 0 unspecified atom stereocenters. The Kier molecular flexibility index (Phi) is 17.6. The van der Waals surface area contributed by atoms with E-state index in [1.807, 2.05) is 119 Å². The summed E-state index contributed by atoms with van der Waals surface area (Å²) < 4.78 is 0. The maximum absolute atomic E-state index is 11.5. The van der Waals surface area contributed by atoms with Crippen LogP contribution in [0.4, 0.5) is 0 Å². The number of carboxylic acid groups (broad SMARTS) is 1. The minimum Gasteiger partial charge on any atom is -0.478 e. The van der Waals surface area contributed by atoms with Crippen molar-refractivity contribution < 1.29 is 44.1 Å². The number of aliphatic hydroxyl groups is 1. The van der Waals surface area contributed by atoms with Crippen LogP contribution in [0.2, 0.25) is 0 Å². The Morgan fingerprint density at radius 1 is 0.386 bits per heavy atom. The molecule has 6 aromatic rings. The van der Waals surface area contributed by atoms with Crippen molar-refractivity contribution in [3.8, 4) is 0 Å². The zero-order chi connectivity index (χ0) is 41.7. The normalized spacial score (nSPS) is 10.8. The van der Waals surface area contributed by atoms with Gasteiger partial charge in [-0.05, 0) is 94.6 Å². The number of hydrogen-bond donors (Lipinski definition) is 2. The minimum atomic E-state index is -0.879. The van der Waals surface area contributed by atoms with Crippen molar-refractivity contribution in [2.45, 2.75) is 58.3 Å². The Bertz CT molecular complexity index is 1940. The number of carbonyl (C=O) groups is 3. The summed E-state index contributed by atoms with van der Waals surface area (Å²) in [5.74, 6) is -2.30. The molecular formula is C48H50O9. The van der Waals surface area contributed by atoms with E-state index in [0.29, 0.717) is 16.7 Å². The van der Waals surface area contributed by atoms with Gasteiger partial charge in [-0.3, -0.25) is 0 Å². The van der Waals surface area contributed by atoms with Crippen LogP contribution in [0.3, 0.4) is 0 Å². The van der Waals surface area contributed by atoms with Crippen LogP contribution in [0.25, 0.3) is 0 Å². The molecule has 0 aliphatic carbocycles. The zero-order valence-corrected chi connectivity index (χ0v) is 33.1. The Balaban J connectivity index is 0.000000215. The monoisotopic (exact) mass is 770 g/mol. The molecule has 0 radical (unpaired) electrons. The highest BCUT2D eigenvalue weighted by molar-refractivity contribution is 5.92. The number of aromatic carboxylic acids is 1. The number of carbonyl (C=O) groups excluding carboxylic acids is 2. The average molecular weight is 771 g/mol. The van der Waals surface area contributed by atoms with Gasteiger partial charge in [0, 0.05) is 0 Å². The summed E-state index contributed by atoms with van der Waals surface area (Å²) in [7, 11) is 0. The van der Waals surface area contributed by atoms with Crippen LogP contribution >= 0.6 is 0 Å². The number of benzene rings is 6. The Labute approximate surface area is 334 Å². The van der Waals surface area contributed by atoms with Crippen LogP contribution in [-0.4, -0.2) is 28.1 Å². The molecule has 57 heavy (non-hydrogen) atoms. The summed E-state index contributed by atoms with van der Waals surface area (Å²) in [5, 5.41) is 17.9. The Hall–Kier alpha value is -6.39. The van der Waals surface area contributed by atoms with E-state index in [4.69, 9.17) is 14.9 Å². The van der Waals surface area contributed by atoms with E-state index in [1.54, 1.807) is 105 Å². The van der Waals surface area contributed by atoms with E-state index >= 15 is 0 Å². The van der Waals surface area contributed by atoms with Crippen molar-refractivity contribution in [2.24, 2.45) is 0 Å². The van der Waals surface area contributed by atoms with Crippen molar-refractivity contribution in [3.63, 3.8) is 0 Å². The van der Waals surface area contributed by atoms with Gasteiger partial charge >= 0.3 is 17.9 Å². The van der Waals surface area contributed by atoms with Gasteiger partial charge in [0.2, 0.25) is 0 Å². The van der Waals surface area contributed by atoms with Crippen LogP contribution < -0.4 is 0 Å². The third-order valence-corrected chi connectivity index (χ3v) is 8.11. The molecule has 0 aliphatic rings. The molecule has 9 nitrogen and oxygen atoms in total. The van der Waals surface area contributed by atoms with E-state index in [2.05, 4.69) is 9.78 Å². The molecule has 9 heteroatoms. The molecule has 2 N–H and O–H groups in total. The molecular weight excluding hydrogens is 721 g/mol. The lowest BCUT2D eigenvalue weighted by Crippen LogP contribution is -2.29. The number of carboxylic acids is 1. The lowest BCUT2D eigenvalue weighted by Gasteiger charge is -2.31. The molecule has 0 fully saturated rings. The van der Waals surface area contributed by atoms with E-state index in [-0.39, 0.29) is 0 Å². The zero-order valence-electron chi connectivity index (χ0n) is 33.1. The lowest BCUT2D eigenvalue weighted by atomic mass is 9.98. The molecule has 0 spiro atoms. The van der Waals surface area contributed by atoms with Crippen LogP contribution in [0.1, 0.15) is 89.3 Å². The summed E-state index contributed by atoms with van der Waals surface area (Å²) in [6, 6.07) is 54.7. The summed E-state index contributed by atoms with van der Waals surface area (Å²) in [5.41, 5.74) is 2.40. The first kappa shape index (κ1) is 45.0. The smallest absolute Gasteiger partial charge is 0.386 e. The second kappa shape index (κ2) is 22.2. The van der Waals surface area contributed by atoms with Gasteiger partial charge < -0.3 is 10.2 Å². The average Bonchev–Trinajstić information content (AvgIpc) is 3.24. The third-order valence-electron chi connectivity index (χ3n) is 8.11. The standard InChI is InChI=1S/C18H22O2.C14H10O4.C9H12O.C7H6O2/c1-17(2,15-11-7-5-8-12-15)19-20-18(3,4)16-13-9-6-10-14-16;15-13(11-7-3-1-4-8-11)17-18-14(16)12-9-5-2-6-10-12;1-9(2,10)8-6-4-3-5-7-8;8-7(9)6-4-2-1-3-5-6/h5-14H,1-4H3;1-10H;3-7,10H,1-2H3;1-5H,(H,8,9). The van der Waals surface area contributed by atoms with Gasteiger partial charge in [-0.1, -0.05) is 146 Å². The van der Waals surface area contributed by atoms with E-state index in [9.17, 15) is 19.5 Å². The maximum Gasteiger partial charge on any atom is 0.386 e. The van der Waals surface area contributed by atoms with Crippen molar-refractivity contribution >= 4 is 17.9 Å². The summed E-state index contributed by atoms with van der Waals surface area (Å²) in [6.07, 6.45) is 0. The van der Waals surface area contributed by atoms with E-state index in [1.165, 1.54) is 0 Å². The molecule has 0 aromatic heterocycles. The first-order valence-electron chi connectivity index (χ1n) is 18.2. The van der Waals surface area contributed by atoms with E-state index in [0.717, 1.165) is 16.7 Å². The molecule has 0 atom stereocenters. The van der Waals surface area contributed by atoms with Gasteiger partial charge in [-0.2, -0.15) is 0 Å². The van der Waals surface area contributed by atoms with Crippen LogP contribution in [0.5, 0.6) is 0 Å². The van der Waals surface area contributed by atoms with Crippen molar-refractivity contribution in [1.82, 2.24) is 0 Å². The lowest BCUT2D eigenvalue weighted by molar-refractivity contribution is -0.410. The largest absolute Gasteiger partial charge is 0.478 e. The Morgan fingerprint density at radius 3 is 0.860 bits per heavy atom. The van der Waals surface area contributed by atoms with Crippen molar-refractivity contribution in [3.05, 3.63) is 215 Å². The fourth-order valence-corrected chi connectivity index (χ4v) is 4.73. The molecule has 0 bridgehead atoms. The number of hydrogen-bond acceptors (Lipinski definition) is 8. The summed E-state index contributed by atoms with van der Waals surface area (Å²) in [4.78, 5) is 53.5. The Morgan fingerprint density at radius 2 is 0.632 bits per heavy atom. The van der Waals surface area contributed by atoms with Gasteiger partial charge in [-0.15, -0.1) is 0 Å². The highest BCUT2D eigenvalue weighted by Gasteiger charge is 2.29. The molecule has 6 aromatic carbocycles. The van der Waals surface area contributed by atoms with Crippen LogP contribution in [0, 0.1) is 0 Å². The molecule has 296 valence electrons. The molecule has 0 saturated heterocycles. The van der Waals surface area contributed by atoms with E-state index < -0.39 is 34.7 Å². The summed E-state index contributed by atoms with van der Waals surface area (Å²) >= 11 is 0. The van der Waals surface area contributed by atoms with Gasteiger partial charge in [-0.25, -0.2) is 33.9 Å². The highest BCUT2D eigenvalue weighted by atomic mass is 17.2. The number of rotatable bonds is 9. The third kappa shape index (κ3) is 16.1. The van der Waals surface area contributed by atoms with Crippen molar-refractivity contribution in [1.29, 1.82) is 0 Å². The SMILES string of the molecule is CC(C)(O)c1ccccc1.CC(C)(OOC(C)(C)c1ccccc1)c1ccccc1.O=C(O)c1ccccc1.O=C(OOC(=O)c1ccccc1)c1ccccc1. The van der Waals surface area contributed by atoms with Crippen molar-refractivity contribution in [2.75, 3.05) is 0 Å². The van der Waals surface area contributed by atoms with Gasteiger partial charge in [0.15, 0.2) is 0 Å². The minimum absolute atomic E-state index is 0.318. The highest BCUT2D eigenvalue weighted by Crippen LogP contribution is 2.31. The fraction of sp³-hybridized carbons (Fsp3) is 0.188. The fourth-order valence-electron chi connectivity index (χ4n) is 4.73. The molecule has 0 aliphatic heterocycles. The maximum atomic E-state index is 11.5. The quantitative estimate of drug-likeness (QED) is 0.109. The van der Waals surface area contributed by atoms with Gasteiger partial charge in [0.05, 0.1) is 22.3 Å². The molecule has 0 amide bonds. The molecule has 0 saturated carbocycles. The predicted octanol–water partition coefficient (Wildman–Crippen LogP) is 10.7. The molecule has 0 heterocycles. The first-order valence-corrected chi connectivity index (χ1v) is 18.2. The second-order valence-corrected chi connectivity index (χ2v) is 14.0. The molecule has 6 rings (SSSR count). The summed E-state index contributed by atoms with van der Waals surface area (Å²) in [6.45, 7) is 11.6. The van der Waals surface area contributed by atoms with Gasteiger partial charge in [0.1, 0.15) is 11.2 Å².